The molecule has 31 heavy (non-hydrogen) atoms. The first kappa shape index (κ1) is 26.6. The minimum Gasteiger partial charge on any atom is -0.463 e. The lowest BCUT2D eigenvalue weighted by Gasteiger charge is -2.34. The summed E-state index contributed by atoms with van der Waals surface area (Å²) in [5.74, 6) is -2.36. The van der Waals surface area contributed by atoms with E-state index in [4.69, 9.17) is 24.7 Å². The van der Waals surface area contributed by atoms with Gasteiger partial charge < -0.3 is 24.7 Å². The molecule has 0 heterocycles. The highest BCUT2D eigenvalue weighted by Gasteiger charge is 2.55. The molecule has 1 unspecified atom stereocenters. The van der Waals surface area contributed by atoms with Crippen molar-refractivity contribution in [3.63, 3.8) is 0 Å². The van der Waals surface area contributed by atoms with Crippen molar-refractivity contribution >= 4 is 17.9 Å². The number of carbonyl (C=O) groups is 3. The van der Waals surface area contributed by atoms with Gasteiger partial charge in [0.05, 0.1) is 25.9 Å². The summed E-state index contributed by atoms with van der Waals surface area (Å²) in [6.45, 7) is 8.56. The fourth-order valence-electron chi connectivity index (χ4n) is 2.93. The van der Waals surface area contributed by atoms with Gasteiger partial charge in [-0.15, -0.1) is 0 Å². The Bertz CT molecular complexity index is 694. The highest BCUT2D eigenvalue weighted by Crippen LogP contribution is 2.25. The molecule has 0 aliphatic heterocycles. The molecule has 0 aromatic heterocycles. The predicted octanol–water partition coefficient (Wildman–Crippen LogP) is 2.56. The summed E-state index contributed by atoms with van der Waals surface area (Å²) >= 11 is 0. The molecule has 0 radical (unpaired) electrons. The Labute approximate surface area is 184 Å². The van der Waals surface area contributed by atoms with Crippen molar-refractivity contribution in [3.05, 3.63) is 35.9 Å². The van der Waals surface area contributed by atoms with Gasteiger partial charge in [0, 0.05) is 6.42 Å². The third kappa shape index (κ3) is 8.30. The molecule has 0 aliphatic rings. The van der Waals surface area contributed by atoms with Crippen molar-refractivity contribution in [2.75, 3.05) is 19.8 Å². The number of hydrogen-bond donors (Lipinski definition) is 1. The minimum atomic E-state index is -2.18. The van der Waals surface area contributed by atoms with Crippen LogP contribution in [0.3, 0.4) is 0 Å². The van der Waals surface area contributed by atoms with Gasteiger partial charge in [-0.1, -0.05) is 30.3 Å². The molecule has 1 aromatic rings. The van der Waals surface area contributed by atoms with Gasteiger partial charge in [-0.3, -0.25) is 4.79 Å². The number of hydrogen-bond acceptors (Lipinski definition) is 8. The smallest absolute Gasteiger partial charge is 0.352 e. The molecular weight excluding hydrogens is 402 g/mol. The molecule has 0 amide bonds. The van der Waals surface area contributed by atoms with Gasteiger partial charge in [0.25, 0.3) is 5.60 Å². The zero-order valence-electron chi connectivity index (χ0n) is 19.1. The van der Waals surface area contributed by atoms with E-state index in [1.807, 2.05) is 30.3 Å². The van der Waals surface area contributed by atoms with Crippen LogP contribution in [0.15, 0.2) is 30.3 Å². The normalized spacial score (nSPS) is 12.7. The van der Waals surface area contributed by atoms with E-state index in [1.54, 1.807) is 34.6 Å². The third-order valence-electron chi connectivity index (χ3n) is 4.32. The Hall–Kier alpha value is -2.45. The largest absolute Gasteiger partial charge is 0.463 e. The summed E-state index contributed by atoms with van der Waals surface area (Å²) in [7, 11) is 0. The third-order valence-corrected chi connectivity index (χ3v) is 4.32. The van der Waals surface area contributed by atoms with Gasteiger partial charge in [0.1, 0.15) is 5.60 Å². The lowest BCUT2D eigenvalue weighted by molar-refractivity contribution is -0.195. The van der Waals surface area contributed by atoms with E-state index in [2.05, 4.69) is 0 Å². The molecule has 1 rings (SSSR count). The highest BCUT2D eigenvalue weighted by atomic mass is 16.6. The van der Waals surface area contributed by atoms with Crippen molar-refractivity contribution in [1.29, 1.82) is 0 Å². The molecule has 8 heteroatoms. The second kappa shape index (κ2) is 12.4. The van der Waals surface area contributed by atoms with Crippen LogP contribution in [-0.2, 0) is 39.8 Å². The van der Waals surface area contributed by atoms with E-state index in [0.29, 0.717) is 6.42 Å². The number of nitrogens with two attached hydrogens (primary N) is 1. The highest BCUT2D eigenvalue weighted by molar-refractivity contribution is 6.04. The van der Waals surface area contributed by atoms with E-state index < -0.39 is 35.2 Å². The van der Waals surface area contributed by atoms with Gasteiger partial charge in [-0.05, 0) is 53.0 Å². The van der Waals surface area contributed by atoms with Crippen molar-refractivity contribution in [1.82, 2.24) is 0 Å². The first-order chi connectivity index (χ1) is 14.6. The van der Waals surface area contributed by atoms with Crippen LogP contribution in [-0.4, -0.2) is 55.0 Å². The van der Waals surface area contributed by atoms with E-state index in [9.17, 15) is 14.4 Å². The fraction of sp³-hybridized carbons (Fsp3) is 0.609. The molecule has 2 N–H and O–H groups in total. The summed E-state index contributed by atoms with van der Waals surface area (Å²) in [6.07, 6.45) is 0.319. The van der Waals surface area contributed by atoms with Gasteiger partial charge in [0.2, 0.25) is 0 Å². The van der Waals surface area contributed by atoms with Crippen molar-refractivity contribution in [2.45, 2.75) is 71.1 Å². The molecular formula is C23H35NO7. The Balaban J connectivity index is 3.07. The average Bonchev–Trinajstić information content (AvgIpc) is 2.69. The number of carbonyl (C=O) groups excluding carboxylic acids is 3. The molecule has 0 spiro atoms. The van der Waals surface area contributed by atoms with Crippen LogP contribution in [0.25, 0.3) is 0 Å². The van der Waals surface area contributed by atoms with Crippen LogP contribution in [0, 0.1) is 0 Å². The van der Waals surface area contributed by atoms with Gasteiger partial charge >= 0.3 is 17.9 Å². The minimum absolute atomic E-state index is 0.0286. The van der Waals surface area contributed by atoms with E-state index in [-0.39, 0.29) is 32.7 Å². The Morgan fingerprint density at radius 3 is 2.00 bits per heavy atom. The molecule has 174 valence electrons. The van der Waals surface area contributed by atoms with Gasteiger partial charge in [-0.25, -0.2) is 9.59 Å². The average molecular weight is 438 g/mol. The Morgan fingerprint density at radius 2 is 1.52 bits per heavy atom. The van der Waals surface area contributed by atoms with Crippen LogP contribution in [0.4, 0.5) is 0 Å². The number of benzene rings is 1. The number of rotatable bonds is 12. The van der Waals surface area contributed by atoms with Crippen LogP contribution in [0.5, 0.6) is 0 Å². The van der Waals surface area contributed by atoms with Crippen LogP contribution < -0.4 is 5.73 Å². The lowest BCUT2D eigenvalue weighted by Crippen LogP contribution is -2.63. The Morgan fingerprint density at radius 1 is 0.968 bits per heavy atom. The molecule has 0 saturated carbocycles. The quantitative estimate of drug-likeness (QED) is 0.301. The topological polar surface area (TPSA) is 114 Å². The molecule has 1 atom stereocenters. The first-order valence-corrected chi connectivity index (χ1v) is 10.6. The van der Waals surface area contributed by atoms with E-state index in [0.717, 1.165) is 5.56 Å². The van der Waals surface area contributed by atoms with Crippen molar-refractivity contribution < 1.29 is 33.3 Å². The van der Waals surface area contributed by atoms with Gasteiger partial charge in [-0.2, -0.15) is 0 Å². The monoisotopic (exact) mass is 437 g/mol. The summed E-state index contributed by atoms with van der Waals surface area (Å²) in [5.41, 5.74) is 4.40. The SMILES string of the molecule is CCOC(=O)C(OCCc1ccccc1)(C(=O)OCC)C(N)CCC(=O)OC(C)(C)C. The molecule has 0 bridgehead atoms. The maximum atomic E-state index is 12.9. The molecule has 8 nitrogen and oxygen atoms in total. The maximum Gasteiger partial charge on any atom is 0.352 e. The fourth-order valence-corrected chi connectivity index (χ4v) is 2.93. The summed E-state index contributed by atoms with van der Waals surface area (Å²) in [4.78, 5) is 37.9. The molecule has 1 aromatic carbocycles. The maximum absolute atomic E-state index is 12.9. The summed E-state index contributed by atoms with van der Waals surface area (Å²) in [5, 5.41) is 0. The number of ether oxygens (including phenoxy) is 4. The zero-order chi connectivity index (χ0) is 23.5. The second-order valence-electron chi connectivity index (χ2n) is 7.99. The van der Waals surface area contributed by atoms with E-state index in [1.165, 1.54) is 0 Å². The van der Waals surface area contributed by atoms with Crippen molar-refractivity contribution in [3.8, 4) is 0 Å². The van der Waals surface area contributed by atoms with Crippen LogP contribution in [0.2, 0.25) is 0 Å². The standard InChI is InChI=1S/C23H35NO7/c1-6-28-20(26)23(21(27)29-7-2,30-16-15-17-11-9-8-10-12-17)18(24)13-14-19(25)31-22(3,4)5/h8-12,18H,6-7,13-16,24H2,1-5H3. The van der Waals surface area contributed by atoms with Gasteiger partial charge in [0.15, 0.2) is 0 Å². The zero-order valence-corrected chi connectivity index (χ0v) is 19.1. The Kier molecular flexibility index (Phi) is 10.6. The second-order valence-corrected chi connectivity index (χ2v) is 7.99. The molecule has 0 saturated heterocycles. The molecule has 0 fully saturated rings. The van der Waals surface area contributed by atoms with Crippen LogP contribution in [0.1, 0.15) is 53.0 Å². The van der Waals surface area contributed by atoms with Crippen molar-refractivity contribution in [2.24, 2.45) is 5.73 Å². The summed E-state index contributed by atoms with van der Waals surface area (Å²) in [6, 6.07) is 8.29. The van der Waals surface area contributed by atoms with Crippen LogP contribution >= 0.6 is 0 Å². The first-order valence-electron chi connectivity index (χ1n) is 10.6. The summed E-state index contributed by atoms with van der Waals surface area (Å²) < 4.78 is 21.4. The van der Waals surface area contributed by atoms with E-state index >= 15 is 0 Å². The molecule has 0 aliphatic carbocycles. The predicted molar refractivity (Wildman–Crippen MR) is 115 cm³/mol. The number of esters is 3. The lowest BCUT2D eigenvalue weighted by atomic mass is 9.90.